The third kappa shape index (κ3) is 1.39. The van der Waals surface area contributed by atoms with Crippen molar-refractivity contribution in [3.63, 3.8) is 0 Å². The maximum Gasteiger partial charge on any atom is 0.167 e. The number of tetrazole rings is 1. The first-order valence-corrected chi connectivity index (χ1v) is 8.64. The molecule has 1 saturated heterocycles. The predicted molar refractivity (Wildman–Crippen MR) is 78.3 cm³/mol. The lowest BCUT2D eigenvalue weighted by molar-refractivity contribution is 0.675. The molecule has 0 aromatic carbocycles. The van der Waals surface area contributed by atoms with Crippen molar-refractivity contribution in [3.8, 4) is 0 Å². The molecule has 0 amide bonds. The Balaban J connectivity index is 1.84. The topological polar surface area (TPSA) is 43.6 Å². The fourth-order valence-corrected chi connectivity index (χ4v) is 6.67. The van der Waals surface area contributed by atoms with Gasteiger partial charge in [-0.1, -0.05) is 43.1 Å². The maximum atomic E-state index is 4.16. The molecule has 4 atom stereocenters. The molecule has 0 bridgehead atoms. The van der Waals surface area contributed by atoms with Gasteiger partial charge in [-0.2, -0.15) is 0 Å². The fraction of sp³-hybridized carbons (Fsp3) is 0.333. The molecule has 4 rings (SSSR count). The zero-order valence-corrected chi connectivity index (χ0v) is 12.1. The van der Waals surface area contributed by atoms with Gasteiger partial charge in [-0.25, -0.2) is 4.45 Å². The average Bonchev–Trinajstić information content (AvgIpc) is 3.13. The fourth-order valence-electron chi connectivity index (χ4n) is 2.64. The van der Waals surface area contributed by atoms with Crippen LogP contribution in [-0.2, 0) is 5.41 Å². The summed E-state index contributed by atoms with van der Waals surface area (Å²) in [5.74, 6) is 3.40. The van der Waals surface area contributed by atoms with Crippen LogP contribution in [0.3, 0.4) is 0 Å². The maximum absolute atomic E-state index is 4.16. The third-order valence-corrected chi connectivity index (χ3v) is 8.20. The van der Waals surface area contributed by atoms with E-state index in [9.17, 15) is 0 Å². The lowest BCUT2D eigenvalue weighted by Crippen LogP contribution is -2.20. The number of nitrogens with zero attached hydrogens (tertiary/aromatic N) is 4. The highest BCUT2D eigenvalue weighted by Gasteiger charge is 2.57. The van der Waals surface area contributed by atoms with Crippen LogP contribution < -0.4 is 0 Å². The van der Waals surface area contributed by atoms with Crippen LogP contribution in [0, 0.1) is 0 Å². The van der Waals surface area contributed by atoms with Crippen LogP contribution in [0.1, 0.15) is 12.7 Å². The second-order valence-corrected chi connectivity index (χ2v) is 9.54. The molecule has 18 heavy (non-hydrogen) atoms. The summed E-state index contributed by atoms with van der Waals surface area (Å²) in [7, 11) is 2.55. The summed E-state index contributed by atoms with van der Waals surface area (Å²) < 4.78 is 1.68. The summed E-state index contributed by atoms with van der Waals surface area (Å²) in [5.41, 5.74) is 0.713. The van der Waals surface area contributed by atoms with E-state index in [1.54, 1.807) is 4.45 Å². The Morgan fingerprint density at radius 3 is 2.89 bits per heavy atom. The van der Waals surface area contributed by atoms with E-state index in [1.807, 2.05) is 0 Å². The second-order valence-electron chi connectivity index (χ2n) is 5.35. The van der Waals surface area contributed by atoms with Gasteiger partial charge in [-0.05, 0) is 38.2 Å². The molecule has 4 nitrogen and oxygen atoms in total. The normalized spacial score (nSPS) is 39.7. The Morgan fingerprint density at radius 1 is 1.50 bits per heavy atom. The van der Waals surface area contributed by atoms with Gasteiger partial charge in [0.2, 0.25) is 0 Å². The zero-order valence-electron chi connectivity index (χ0n) is 10.1. The van der Waals surface area contributed by atoms with E-state index in [0.29, 0.717) is 0 Å². The van der Waals surface area contributed by atoms with Gasteiger partial charge in [0.05, 0.1) is 5.41 Å². The third-order valence-electron chi connectivity index (χ3n) is 4.02. The van der Waals surface area contributed by atoms with E-state index in [2.05, 4.69) is 68.0 Å². The zero-order chi connectivity index (χ0) is 12.4. The lowest BCUT2D eigenvalue weighted by Gasteiger charge is -2.20. The minimum Gasteiger partial charge on any atom is -0.214 e. The molecule has 0 spiro atoms. The van der Waals surface area contributed by atoms with Crippen molar-refractivity contribution >= 4 is 22.1 Å². The van der Waals surface area contributed by atoms with Gasteiger partial charge in [-0.15, -0.1) is 5.10 Å². The van der Waals surface area contributed by atoms with Crippen LogP contribution in [0.5, 0.6) is 0 Å². The first-order chi connectivity index (χ1) is 8.64. The van der Waals surface area contributed by atoms with Crippen molar-refractivity contribution in [1.29, 1.82) is 0 Å². The summed E-state index contributed by atoms with van der Waals surface area (Å²) in [6, 6.07) is 0. The Morgan fingerprint density at radius 2 is 2.28 bits per heavy atom. The van der Waals surface area contributed by atoms with Gasteiger partial charge in [0.1, 0.15) is 0 Å². The molecule has 4 unspecified atom stereocenters. The van der Waals surface area contributed by atoms with Crippen LogP contribution in [0.25, 0.3) is 0 Å². The van der Waals surface area contributed by atoms with Crippen LogP contribution in [0.2, 0.25) is 0 Å². The van der Waals surface area contributed by atoms with Gasteiger partial charge in [0, 0.05) is 5.66 Å². The van der Waals surface area contributed by atoms with E-state index in [1.165, 1.54) is 11.5 Å². The minimum atomic E-state index is -0.774. The molecular weight excluding hydrogens is 262 g/mol. The van der Waals surface area contributed by atoms with E-state index < -0.39 is 6.89 Å². The van der Waals surface area contributed by atoms with Crippen LogP contribution in [0.4, 0.5) is 0 Å². The van der Waals surface area contributed by atoms with Crippen molar-refractivity contribution in [2.24, 2.45) is 0 Å². The van der Waals surface area contributed by atoms with Crippen LogP contribution in [0.15, 0.2) is 35.7 Å². The predicted octanol–water partition coefficient (Wildman–Crippen LogP) is 1.79. The van der Waals surface area contributed by atoms with Crippen molar-refractivity contribution in [1.82, 2.24) is 20.0 Å². The van der Waals surface area contributed by atoms with Crippen LogP contribution >= 0.6 is 16.3 Å². The molecule has 0 radical (unpaired) electrons. The molecule has 3 heterocycles. The molecular formula is C12H14N4P2. The molecule has 0 N–H and O–H groups in total. The van der Waals surface area contributed by atoms with Gasteiger partial charge in [0.15, 0.2) is 5.82 Å². The molecule has 92 valence electrons. The largest absolute Gasteiger partial charge is 0.214 e. The van der Waals surface area contributed by atoms with Crippen molar-refractivity contribution in [2.45, 2.75) is 18.0 Å². The first kappa shape index (κ1) is 10.9. The average molecular weight is 276 g/mol. The molecule has 1 aromatic rings. The first-order valence-electron chi connectivity index (χ1n) is 6.01. The Hall–Kier alpha value is -0.980. The highest BCUT2D eigenvalue weighted by Crippen LogP contribution is 2.85. The minimum absolute atomic E-state index is 0.220. The molecule has 6 heteroatoms. The summed E-state index contributed by atoms with van der Waals surface area (Å²) in [6.45, 7) is 1.40. The number of aromatic nitrogens is 4. The number of allylic oxidation sites excluding steroid dienone is 6. The summed E-state index contributed by atoms with van der Waals surface area (Å²) in [5, 5.41) is 13.3. The summed E-state index contributed by atoms with van der Waals surface area (Å²) in [6.07, 6.45) is 12.5. The van der Waals surface area contributed by atoms with Gasteiger partial charge in [-0.3, -0.25) is 0 Å². The molecule has 1 fully saturated rings. The number of hydrogen-bond acceptors (Lipinski definition) is 3. The molecule has 3 aliphatic rings. The Kier molecular flexibility index (Phi) is 2.01. The standard InChI is InChI=1S/C12H14N4P2/c1-12(11-13-14-15-16(11)17)5-3-2-4-9(6-12)18-7-10(18)8-18/h2-7,10H,8,17H2,1H3. The van der Waals surface area contributed by atoms with Gasteiger partial charge < -0.3 is 0 Å². The highest BCUT2D eigenvalue weighted by molar-refractivity contribution is 7.96. The van der Waals surface area contributed by atoms with Crippen molar-refractivity contribution in [3.05, 3.63) is 41.5 Å². The second kappa shape index (κ2) is 3.31. The summed E-state index contributed by atoms with van der Waals surface area (Å²) >= 11 is 0. The van der Waals surface area contributed by atoms with Crippen molar-refractivity contribution in [2.75, 3.05) is 6.16 Å². The van der Waals surface area contributed by atoms with E-state index in [-0.39, 0.29) is 5.41 Å². The Labute approximate surface area is 108 Å². The van der Waals surface area contributed by atoms with Crippen molar-refractivity contribution < 1.29 is 0 Å². The number of hydrogen-bond donors (Lipinski definition) is 0. The molecule has 1 aliphatic carbocycles. The van der Waals surface area contributed by atoms with Crippen LogP contribution in [-0.4, -0.2) is 37.6 Å². The van der Waals surface area contributed by atoms with Gasteiger partial charge in [0.25, 0.3) is 0 Å². The highest BCUT2D eigenvalue weighted by atomic mass is 31.2. The van der Waals surface area contributed by atoms with E-state index in [0.717, 1.165) is 11.5 Å². The quantitative estimate of drug-likeness (QED) is 0.774. The molecule has 0 saturated carbocycles. The molecule has 2 aliphatic heterocycles. The summed E-state index contributed by atoms with van der Waals surface area (Å²) in [4.78, 5) is 0. The number of rotatable bonds is 2. The number of fused-ring (bicyclic) bond motifs is 1. The monoisotopic (exact) mass is 276 g/mol. The Bertz CT molecular complexity index is 682. The SMILES string of the molecule is CC1(c2nnnn2P)C=CC=CC(P23=CC2C3)=C1. The molecule has 1 aromatic heterocycles. The van der Waals surface area contributed by atoms with E-state index in [4.69, 9.17) is 0 Å². The van der Waals surface area contributed by atoms with Gasteiger partial charge >= 0.3 is 0 Å². The lowest BCUT2D eigenvalue weighted by atomic mass is 9.89. The smallest absolute Gasteiger partial charge is 0.167 e. The van der Waals surface area contributed by atoms with E-state index >= 15 is 0 Å².